The zero-order valence-electron chi connectivity index (χ0n) is 21.7. The zero-order valence-corrected chi connectivity index (χ0v) is 22.5. The summed E-state index contributed by atoms with van der Waals surface area (Å²) in [4.78, 5) is 30.8. The molecule has 6 nitrogen and oxygen atoms in total. The molecule has 1 fully saturated rings. The Kier molecular flexibility index (Phi) is 9.37. The van der Waals surface area contributed by atoms with Crippen LogP contribution < -0.4 is 15.0 Å². The van der Waals surface area contributed by atoms with Crippen LogP contribution in [0.15, 0.2) is 72.8 Å². The van der Waals surface area contributed by atoms with E-state index in [1.54, 1.807) is 29.2 Å². The second-order valence-corrected chi connectivity index (χ2v) is 9.71. The quantitative estimate of drug-likeness (QED) is 0.348. The summed E-state index contributed by atoms with van der Waals surface area (Å²) < 4.78 is 19.8. The van der Waals surface area contributed by atoms with Crippen molar-refractivity contribution < 1.29 is 18.7 Å². The topological polar surface area (TPSA) is 61.9 Å². The highest BCUT2D eigenvalue weighted by molar-refractivity contribution is 6.30. The van der Waals surface area contributed by atoms with Gasteiger partial charge >= 0.3 is 0 Å². The monoisotopic (exact) mass is 537 g/mol. The first kappa shape index (κ1) is 27.6. The van der Waals surface area contributed by atoms with Crippen molar-refractivity contribution in [2.24, 2.45) is 0 Å². The van der Waals surface area contributed by atoms with E-state index >= 15 is 0 Å². The van der Waals surface area contributed by atoms with Crippen molar-refractivity contribution in [1.29, 1.82) is 0 Å². The Balaban J connectivity index is 1.73. The van der Waals surface area contributed by atoms with Gasteiger partial charge in [0.15, 0.2) is 0 Å². The lowest BCUT2D eigenvalue weighted by Gasteiger charge is -2.39. The molecule has 0 aliphatic carbocycles. The predicted molar refractivity (Wildman–Crippen MR) is 148 cm³/mol. The number of nitrogens with one attached hydrogen (secondary N) is 1. The maximum absolute atomic E-state index is 14.1. The van der Waals surface area contributed by atoms with Gasteiger partial charge in [0, 0.05) is 31.4 Å². The van der Waals surface area contributed by atoms with Crippen LogP contribution in [0.4, 0.5) is 10.1 Å². The van der Waals surface area contributed by atoms with Gasteiger partial charge in [0.05, 0.1) is 0 Å². The van der Waals surface area contributed by atoms with Gasteiger partial charge < -0.3 is 15.0 Å². The number of halogens is 2. The molecule has 0 saturated carbocycles. The standard InChI is InChI=1S/C30H33ClFN3O3/c1-3-7-24-20-34(17-16-33-24)30(37)29(22-10-12-23(32)13-11-22)35(28(36)19-31)27-15-14-26(18-21(27)2)38-25-8-5-4-6-9-25/h4-6,8-15,18,24,29,33H,3,7,16-17,19-20H2,1-2H3/t24-,29-/m0/s1. The molecule has 38 heavy (non-hydrogen) atoms. The van der Waals surface area contributed by atoms with E-state index in [0.717, 1.165) is 18.4 Å². The van der Waals surface area contributed by atoms with Crippen LogP contribution in [0, 0.1) is 12.7 Å². The fourth-order valence-electron chi connectivity index (χ4n) is 4.86. The van der Waals surface area contributed by atoms with Gasteiger partial charge in [-0.15, -0.1) is 11.6 Å². The summed E-state index contributed by atoms with van der Waals surface area (Å²) in [5.41, 5.74) is 1.80. The molecule has 8 heteroatoms. The summed E-state index contributed by atoms with van der Waals surface area (Å²) in [5, 5.41) is 3.46. The Labute approximate surface area is 228 Å². The Morgan fingerprint density at radius 3 is 2.50 bits per heavy atom. The fraction of sp³-hybridized carbons (Fsp3) is 0.333. The molecule has 2 atom stereocenters. The summed E-state index contributed by atoms with van der Waals surface area (Å²) >= 11 is 6.09. The van der Waals surface area contributed by atoms with Gasteiger partial charge in [-0.25, -0.2) is 4.39 Å². The number of nitrogens with zero attached hydrogens (tertiary/aromatic N) is 2. The molecule has 1 heterocycles. The Hall–Kier alpha value is -3.42. The lowest BCUT2D eigenvalue weighted by atomic mass is 10.00. The van der Waals surface area contributed by atoms with Gasteiger partial charge in [0.2, 0.25) is 5.91 Å². The number of hydrogen-bond donors (Lipinski definition) is 1. The smallest absolute Gasteiger partial charge is 0.250 e. The Morgan fingerprint density at radius 1 is 1.11 bits per heavy atom. The van der Waals surface area contributed by atoms with Gasteiger partial charge in [-0.3, -0.25) is 14.5 Å². The first-order valence-corrected chi connectivity index (χ1v) is 13.4. The second-order valence-electron chi connectivity index (χ2n) is 9.44. The number of benzene rings is 3. The minimum absolute atomic E-state index is 0.180. The highest BCUT2D eigenvalue weighted by Gasteiger charge is 2.37. The van der Waals surface area contributed by atoms with Crippen LogP contribution in [0.2, 0.25) is 0 Å². The SMILES string of the molecule is CCC[C@H]1CN(C(=O)[C@H](c2ccc(F)cc2)N(C(=O)CCl)c2ccc(Oc3ccccc3)cc2C)CCN1. The summed E-state index contributed by atoms with van der Waals surface area (Å²) in [6.45, 7) is 5.69. The molecule has 0 unspecified atom stereocenters. The highest BCUT2D eigenvalue weighted by Crippen LogP contribution is 2.35. The average Bonchev–Trinajstić information content (AvgIpc) is 2.93. The summed E-state index contributed by atoms with van der Waals surface area (Å²) in [6, 6.07) is 19.6. The molecular weight excluding hydrogens is 505 g/mol. The molecule has 2 amide bonds. The lowest BCUT2D eigenvalue weighted by molar-refractivity contribution is -0.135. The highest BCUT2D eigenvalue weighted by atomic mass is 35.5. The molecule has 3 aromatic rings. The third-order valence-corrected chi connectivity index (χ3v) is 6.90. The molecule has 4 rings (SSSR count). The van der Waals surface area contributed by atoms with E-state index < -0.39 is 17.8 Å². The fourth-order valence-corrected chi connectivity index (χ4v) is 4.98. The Bertz CT molecular complexity index is 1240. The average molecular weight is 538 g/mol. The van der Waals surface area contributed by atoms with E-state index in [9.17, 15) is 14.0 Å². The summed E-state index contributed by atoms with van der Waals surface area (Å²) in [6.07, 6.45) is 1.94. The summed E-state index contributed by atoms with van der Waals surface area (Å²) in [7, 11) is 0. The van der Waals surface area contributed by atoms with E-state index in [1.165, 1.54) is 17.0 Å². The van der Waals surface area contributed by atoms with Gasteiger partial charge in [-0.1, -0.05) is 43.7 Å². The van der Waals surface area contributed by atoms with Crippen LogP contribution >= 0.6 is 11.6 Å². The molecule has 0 bridgehead atoms. The van der Waals surface area contributed by atoms with E-state index in [2.05, 4.69) is 12.2 Å². The molecule has 0 spiro atoms. The van der Waals surface area contributed by atoms with Crippen LogP contribution in [-0.4, -0.2) is 48.3 Å². The maximum atomic E-state index is 14.1. The molecule has 1 saturated heterocycles. The number of ether oxygens (including phenoxy) is 1. The van der Waals surface area contributed by atoms with Crippen molar-refractivity contribution >= 4 is 29.1 Å². The number of alkyl halides is 1. The number of carbonyl (C=O) groups excluding carboxylic acids is 2. The molecule has 0 aromatic heterocycles. The van der Waals surface area contributed by atoms with E-state index in [1.807, 2.05) is 43.3 Å². The van der Waals surface area contributed by atoms with Gasteiger partial charge in [0.25, 0.3) is 5.91 Å². The van der Waals surface area contributed by atoms with E-state index in [-0.39, 0.29) is 17.8 Å². The van der Waals surface area contributed by atoms with Gasteiger partial charge in [-0.05, 0) is 66.9 Å². The second kappa shape index (κ2) is 12.9. The number of hydrogen-bond acceptors (Lipinski definition) is 4. The van der Waals surface area contributed by atoms with Crippen LogP contribution in [0.5, 0.6) is 11.5 Å². The largest absolute Gasteiger partial charge is 0.457 e. The number of carbonyl (C=O) groups is 2. The van der Waals surface area contributed by atoms with Crippen LogP contribution in [0.3, 0.4) is 0 Å². The molecule has 1 N–H and O–H groups in total. The van der Waals surface area contributed by atoms with E-state index in [0.29, 0.717) is 42.4 Å². The third kappa shape index (κ3) is 6.52. The number of anilines is 1. The molecular formula is C30H33ClFN3O3. The van der Waals surface area contributed by atoms with Crippen molar-refractivity contribution in [3.8, 4) is 11.5 Å². The maximum Gasteiger partial charge on any atom is 0.250 e. The number of piperazine rings is 1. The van der Waals surface area contributed by atoms with Crippen LogP contribution in [-0.2, 0) is 9.59 Å². The Morgan fingerprint density at radius 2 is 1.84 bits per heavy atom. The molecule has 200 valence electrons. The molecule has 0 radical (unpaired) electrons. The normalized spacial score (nSPS) is 16.1. The minimum Gasteiger partial charge on any atom is -0.457 e. The molecule has 1 aliphatic heterocycles. The van der Waals surface area contributed by atoms with Crippen LogP contribution in [0.25, 0.3) is 0 Å². The lowest BCUT2D eigenvalue weighted by Crippen LogP contribution is -2.55. The van der Waals surface area contributed by atoms with Crippen molar-refractivity contribution in [1.82, 2.24) is 10.2 Å². The number of aryl methyl sites for hydroxylation is 1. The number of rotatable bonds is 9. The zero-order chi connectivity index (χ0) is 27.1. The van der Waals surface area contributed by atoms with Crippen molar-refractivity contribution in [2.45, 2.75) is 38.8 Å². The van der Waals surface area contributed by atoms with Gasteiger partial charge in [-0.2, -0.15) is 0 Å². The van der Waals surface area contributed by atoms with E-state index in [4.69, 9.17) is 16.3 Å². The minimum atomic E-state index is -0.998. The number of amides is 2. The molecule has 3 aromatic carbocycles. The number of para-hydroxylation sites is 1. The van der Waals surface area contributed by atoms with Crippen molar-refractivity contribution in [3.05, 3.63) is 89.7 Å². The van der Waals surface area contributed by atoms with Crippen molar-refractivity contribution in [2.75, 3.05) is 30.4 Å². The van der Waals surface area contributed by atoms with Crippen LogP contribution in [0.1, 0.15) is 36.9 Å². The first-order chi connectivity index (χ1) is 18.4. The summed E-state index contributed by atoms with van der Waals surface area (Å²) in [5.74, 6) is -0.0832. The van der Waals surface area contributed by atoms with Crippen molar-refractivity contribution in [3.63, 3.8) is 0 Å². The predicted octanol–water partition coefficient (Wildman–Crippen LogP) is 5.84. The molecule has 1 aliphatic rings. The third-order valence-electron chi connectivity index (χ3n) is 6.67. The van der Waals surface area contributed by atoms with Gasteiger partial charge in [0.1, 0.15) is 29.2 Å². The first-order valence-electron chi connectivity index (χ1n) is 12.9.